The molecular weight excluding hydrogens is 330 g/mol. The number of benzene rings is 2. The third-order valence-corrected chi connectivity index (χ3v) is 4.10. The van der Waals surface area contributed by atoms with E-state index < -0.39 is 18.1 Å². The van der Waals surface area contributed by atoms with Crippen LogP contribution in [0.1, 0.15) is 11.6 Å². The van der Waals surface area contributed by atoms with Gasteiger partial charge in [-0.1, -0.05) is 23.7 Å². The van der Waals surface area contributed by atoms with Crippen LogP contribution in [-0.4, -0.2) is 38.4 Å². The van der Waals surface area contributed by atoms with Crippen molar-refractivity contribution in [1.29, 1.82) is 0 Å². The molecule has 0 amide bonds. The monoisotopic (exact) mass is 349 g/mol. The van der Waals surface area contributed by atoms with Crippen LogP contribution in [0.2, 0.25) is 5.02 Å². The van der Waals surface area contributed by atoms with Gasteiger partial charge in [-0.15, -0.1) is 0 Å². The number of carbonyl (C=O) groups excluding carboxylic acids is 1. The molecular formula is C18H20ClNO4. The number of anilines is 1. The minimum Gasteiger partial charge on any atom is -0.497 e. The Bertz CT molecular complexity index is 672. The van der Waals surface area contributed by atoms with E-state index in [-0.39, 0.29) is 0 Å². The predicted molar refractivity (Wildman–Crippen MR) is 93.6 cm³/mol. The SMILES string of the molecule is COC(=O)C(O)C(c1ccc(OC)cc1)N(C)c1ccc(Cl)cc1. The maximum absolute atomic E-state index is 11.9. The highest BCUT2D eigenvalue weighted by molar-refractivity contribution is 6.30. The lowest BCUT2D eigenvalue weighted by molar-refractivity contribution is -0.151. The number of hydrogen-bond donors (Lipinski definition) is 1. The molecule has 0 aliphatic heterocycles. The second-order valence-corrected chi connectivity index (χ2v) is 5.71. The highest BCUT2D eigenvalue weighted by atomic mass is 35.5. The first-order chi connectivity index (χ1) is 11.5. The number of methoxy groups -OCH3 is 2. The molecule has 0 aromatic heterocycles. The summed E-state index contributed by atoms with van der Waals surface area (Å²) in [6.45, 7) is 0. The normalized spacial score (nSPS) is 13.0. The zero-order valence-electron chi connectivity index (χ0n) is 13.8. The largest absolute Gasteiger partial charge is 0.497 e. The van der Waals surface area contributed by atoms with E-state index in [4.69, 9.17) is 21.1 Å². The van der Waals surface area contributed by atoms with Crippen molar-refractivity contribution >= 4 is 23.3 Å². The van der Waals surface area contributed by atoms with Crippen LogP contribution in [0, 0.1) is 0 Å². The highest BCUT2D eigenvalue weighted by Crippen LogP contribution is 2.31. The number of rotatable bonds is 6. The van der Waals surface area contributed by atoms with Gasteiger partial charge in [-0.25, -0.2) is 4.79 Å². The maximum Gasteiger partial charge on any atom is 0.337 e. The first kappa shape index (κ1) is 18.1. The van der Waals surface area contributed by atoms with Gasteiger partial charge >= 0.3 is 5.97 Å². The fourth-order valence-corrected chi connectivity index (χ4v) is 2.63. The molecule has 0 fully saturated rings. The highest BCUT2D eigenvalue weighted by Gasteiger charge is 2.32. The second kappa shape index (κ2) is 8.04. The van der Waals surface area contributed by atoms with E-state index in [0.29, 0.717) is 10.8 Å². The molecule has 0 saturated carbocycles. The summed E-state index contributed by atoms with van der Waals surface area (Å²) < 4.78 is 9.86. The lowest BCUT2D eigenvalue weighted by Crippen LogP contribution is -2.39. The van der Waals surface area contributed by atoms with Crippen LogP contribution in [0.15, 0.2) is 48.5 Å². The van der Waals surface area contributed by atoms with Crippen LogP contribution >= 0.6 is 11.6 Å². The van der Waals surface area contributed by atoms with Gasteiger partial charge in [0.15, 0.2) is 6.10 Å². The molecule has 5 nitrogen and oxygen atoms in total. The van der Waals surface area contributed by atoms with Gasteiger partial charge in [0, 0.05) is 17.8 Å². The van der Waals surface area contributed by atoms with Crippen LogP contribution in [-0.2, 0) is 9.53 Å². The number of halogens is 1. The number of aliphatic hydroxyl groups excluding tert-OH is 1. The van der Waals surface area contributed by atoms with Crippen LogP contribution in [0.5, 0.6) is 5.75 Å². The fraction of sp³-hybridized carbons (Fsp3) is 0.278. The first-order valence-corrected chi connectivity index (χ1v) is 7.74. The van der Waals surface area contributed by atoms with Crippen LogP contribution in [0.25, 0.3) is 0 Å². The Kier molecular flexibility index (Phi) is 6.06. The molecule has 2 rings (SSSR count). The predicted octanol–water partition coefficient (Wildman–Crippen LogP) is 3.06. The molecule has 2 atom stereocenters. The van der Waals surface area contributed by atoms with E-state index in [1.54, 1.807) is 43.3 Å². The number of hydrogen-bond acceptors (Lipinski definition) is 5. The Morgan fingerprint density at radius 3 is 2.17 bits per heavy atom. The number of aliphatic hydroxyl groups is 1. The number of carbonyl (C=O) groups is 1. The van der Waals surface area contributed by atoms with Crippen molar-refractivity contribution in [3.63, 3.8) is 0 Å². The lowest BCUT2D eigenvalue weighted by atomic mass is 9.99. The number of likely N-dealkylation sites (N-methyl/N-ethyl adjacent to an activating group) is 1. The number of ether oxygens (including phenoxy) is 2. The summed E-state index contributed by atoms with van der Waals surface area (Å²) in [5, 5.41) is 11.1. The summed E-state index contributed by atoms with van der Waals surface area (Å²) >= 11 is 5.93. The molecule has 0 aliphatic rings. The smallest absolute Gasteiger partial charge is 0.337 e. The Morgan fingerprint density at radius 2 is 1.67 bits per heavy atom. The van der Waals surface area contributed by atoms with Gasteiger partial charge in [-0.2, -0.15) is 0 Å². The Labute approximate surface area is 146 Å². The zero-order valence-corrected chi connectivity index (χ0v) is 14.5. The van der Waals surface area contributed by atoms with Crippen LogP contribution < -0.4 is 9.64 Å². The van der Waals surface area contributed by atoms with Crippen molar-refractivity contribution < 1.29 is 19.4 Å². The molecule has 0 radical (unpaired) electrons. The van der Waals surface area contributed by atoms with Crippen molar-refractivity contribution in [1.82, 2.24) is 0 Å². The first-order valence-electron chi connectivity index (χ1n) is 7.36. The Hall–Kier alpha value is -2.24. The van der Waals surface area contributed by atoms with Crippen molar-refractivity contribution in [2.45, 2.75) is 12.1 Å². The summed E-state index contributed by atoms with van der Waals surface area (Å²) in [7, 11) is 4.62. The minimum atomic E-state index is -1.34. The minimum absolute atomic E-state index is 0.613. The molecule has 128 valence electrons. The average Bonchev–Trinajstić information content (AvgIpc) is 2.62. The van der Waals surface area contributed by atoms with Crippen molar-refractivity contribution in [2.75, 3.05) is 26.2 Å². The summed E-state index contributed by atoms with van der Waals surface area (Å²) in [5.74, 6) is -0.00386. The molecule has 0 aliphatic carbocycles. The van der Waals surface area contributed by atoms with Gasteiger partial charge < -0.3 is 19.5 Å². The van der Waals surface area contributed by atoms with Gasteiger partial charge in [0.05, 0.1) is 20.3 Å². The Balaban J connectivity index is 2.40. The molecule has 0 heterocycles. The standard InChI is InChI=1S/C18H20ClNO4/c1-20(14-8-6-13(19)7-9-14)16(17(21)18(22)24-3)12-4-10-15(23-2)11-5-12/h4-11,16-17,21H,1-3H3. The number of nitrogens with zero attached hydrogens (tertiary/aromatic N) is 1. The van der Waals surface area contributed by atoms with Crippen molar-refractivity contribution in [2.24, 2.45) is 0 Å². The third kappa shape index (κ3) is 3.99. The van der Waals surface area contributed by atoms with Gasteiger partial charge in [0.25, 0.3) is 0 Å². The molecule has 0 saturated heterocycles. The number of esters is 1. The van der Waals surface area contributed by atoms with E-state index >= 15 is 0 Å². The van der Waals surface area contributed by atoms with E-state index in [0.717, 1.165) is 11.3 Å². The molecule has 2 aromatic carbocycles. The van der Waals surface area contributed by atoms with Gasteiger partial charge in [-0.05, 0) is 42.0 Å². The van der Waals surface area contributed by atoms with Crippen molar-refractivity contribution in [3.8, 4) is 5.75 Å². The topological polar surface area (TPSA) is 59.0 Å². The van der Waals surface area contributed by atoms with Gasteiger partial charge in [-0.3, -0.25) is 0 Å². The molecule has 6 heteroatoms. The lowest BCUT2D eigenvalue weighted by Gasteiger charge is -2.33. The molecule has 2 aromatic rings. The molecule has 1 N–H and O–H groups in total. The second-order valence-electron chi connectivity index (χ2n) is 5.27. The van der Waals surface area contributed by atoms with Crippen LogP contribution in [0.4, 0.5) is 5.69 Å². The summed E-state index contributed by atoms with van der Waals surface area (Å²) in [6.07, 6.45) is -1.34. The zero-order chi connectivity index (χ0) is 17.7. The van der Waals surface area contributed by atoms with Crippen LogP contribution in [0.3, 0.4) is 0 Å². The van der Waals surface area contributed by atoms with Gasteiger partial charge in [0.2, 0.25) is 0 Å². The fourth-order valence-electron chi connectivity index (χ4n) is 2.51. The van der Waals surface area contributed by atoms with Gasteiger partial charge in [0.1, 0.15) is 5.75 Å². The molecule has 2 unspecified atom stereocenters. The quantitative estimate of drug-likeness (QED) is 0.812. The van der Waals surface area contributed by atoms with E-state index in [9.17, 15) is 9.90 Å². The summed E-state index contributed by atoms with van der Waals surface area (Å²) in [6, 6.07) is 13.7. The van der Waals surface area contributed by atoms with E-state index in [1.165, 1.54) is 7.11 Å². The average molecular weight is 350 g/mol. The third-order valence-electron chi connectivity index (χ3n) is 3.85. The molecule has 24 heavy (non-hydrogen) atoms. The summed E-state index contributed by atoms with van der Waals surface area (Å²) in [5.41, 5.74) is 1.56. The van der Waals surface area contributed by atoms with Crippen molar-refractivity contribution in [3.05, 3.63) is 59.1 Å². The van der Waals surface area contributed by atoms with E-state index in [1.807, 2.05) is 24.3 Å². The molecule has 0 spiro atoms. The maximum atomic E-state index is 11.9. The Morgan fingerprint density at radius 1 is 1.08 bits per heavy atom. The van der Waals surface area contributed by atoms with E-state index in [2.05, 4.69) is 0 Å². The summed E-state index contributed by atoms with van der Waals surface area (Å²) in [4.78, 5) is 13.7. The molecule has 0 bridgehead atoms.